The average Bonchev–Trinajstić information content (AvgIpc) is 2.71. The van der Waals surface area contributed by atoms with Gasteiger partial charge in [0.05, 0.1) is 5.56 Å². The number of hydrogen-bond acceptors (Lipinski definition) is 3. The molecule has 1 amide bonds. The molecule has 0 aliphatic carbocycles. The van der Waals surface area contributed by atoms with Crippen molar-refractivity contribution in [3.05, 3.63) is 23.9 Å². The Balaban J connectivity index is 2.15. The lowest BCUT2D eigenvalue weighted by atomic mass is 10.1. The summed E-state index contributed by atoms with van der Waals surface area (Å²) < 4.78 is 0. The highest BCUT2D eigenvalue weighted by atomic mass is 16.2. The van der Waals surface area contributed by atoms with Gasteiger partial charge < -0.3 is 10.2 Å². The molecular formula is C15H23N3O. The number of aromatic nitrogens is 1. The van der Waals surface area contributed by atoms with Gasteiger partial charge in [-0.05, 0) is 31.4 Å². The predicted molar refractivity (Wildman–Crippen MR) is 77.4 cm³/mol. The van der Waals surface area contributed by atoms with Gasteiger partial charge in [0, 0.05) is 25.8 Å². The summed E-state index contributed by atoms with van der Waals surface area (Å²) in [5, 5.41) is 2.97. The summed E-state index contributed by atoms with van der Waals surface area (Å²) in [6.07, 6.45) is 7.42. The smallest absolute Gasteiger partial charge is 0.255 e. The van der Waals surface area contributed by atoms with Gasteiger partial charge in [0.25, 0.3) is 5.91 Å². The van der Waals surface area contributed by atoms with Crippen molar-refractivity contribution in [3.8, 4) is 0 Å². The zero-order valence-electron chi connectivity index (χ0n) is 11.9. The highest BCUT2D eigenvalue weighted by Gasteiger charge is 2.25. The zero-order valence-corrected chi connectivity index (χ0v) is 11.9. The molecule has 104 valence electrons. The molecule has 0 spiro atoms. The largest absolute Gasteiger partial charge is 0.373 e. The second kappa shape index (κ2) is 6.55. The van der Waals surface area contributed by atoms with Crippen molar-refractivity contribution < 1.29 is 4.79 Å². The number of carbonyl (C=O) groups excluding carboxylic acids is 1. The molecule has 19 heavy (non-hydrogen) atoms. The van der Waals surface area contributed by atoms with Crippen LogP contribution in [0.25, 0.3) is 0 Å². The fourth-order valence-electron chi connectivity index (χ4n) is 2.70. The minimum Gasteiger partial charge on any atom is -0.373 e. The number of anilines is 1. The molecular weight excluding hydrogens is 238 g/mol. The van der Waals surface area contributed by atoms with Gasteiger partial charge >= 0.3 is 0 Å². The Kier molecular flexibility index (Phi) is 4.77. The standard InChI is InChI=1S/C15H23N3O/c1-3-13-7-5-4-6-10-18(13)15(19)12-8-9-14(16-2)17-11-12/h8-9,11,13H,3-7,10H2,1-2H3,(H,16,17). The number of amides is 1. The van der Waals surface area contributed by atoms with Gasteiger partial charge in [-0.3, -0.25) is 4.79 Å². The fourth-order valence-corrected chi connectivity index (χ4v) is 2.70. The molecule has 1 aliphatic heterocycles. The molecule has 0 aromatic carbocycles. The first-order chi connectivity index (χ1) is 9.26. The van der Waals surface area contributed by atoms with E-state index in [0.717, 1.165) is 31.6 Å². The third-order valence-corrected chi connectivity index (χ3v) is 3.88. The normalized spacial score (nSPS) is 19.9. The Morgan fingerprint density at radius 3 is 2.89 bits per heavy atom. The monoisotopic (exact) mass is 261 g/mol. The number of hydrogen-bond donors (Lipinski definition) is 1. The molecule has 1 N–H and O–H groups in total. The van der Waals surface area contributed by atoms with Crippen LogP contribution in [0.15, 0.2) is 18.3 Å². The topological polar surface area (TPSA) is 45.2 Å². The molecule has 1 saturated heterocycles. The number of nitrogens with zero attached hydrogens (tertiary/aromatic N) is 2. The Morgan fingerprint density at radius 1 is 1.42 bits per heavy atom. The summed E-state index contributed by atoms with van der Waals surface area (Å²) in [4.78, 5) is 18.9. The van der Waals surface area contributed by atoms with E-state index < -0.39 is 0 Å². The third kappa shape index (κ3) is 3.25. The number of carbonyl (C=O) groups is 1. The van der Waals surface area contributed by atoms with Crippen molar-refractivity contribution in [1.29, 1.82) is 0 Å². The number of likely N-dealkylation sites (tertiary alicyclic amines) is 1. The van der Waals surface area contributed by atoms with Crippen LogP contribution < -0.4 is 5.32 Å². The maximum absolute atomic E-state index is 12.6. The molecule has 1 aliphatic rings. The third-order valence-electron chi connectivity index (χ3n) is 3.88. The van der Waals surface area contributed by atoms with Gasteiger partial charge in [0.15, 0.2) is 0 Å². The van der Waals surface area contributed by atoms with Crippen molar-refractivity contribution in [1.82, 2.24) is 9.88 Å². The number of pyridine rings is 1. The molecule has 2 heterocycles. The molecule has 1 fully saturated rings. The molecule has 4 nitrogen and oxygen atoms in total. The second-order valence-electron chi connectivity index (χ2n) is 5.09. The summed E-state index contributed by atoms with van der Waals surface area (Å²) in [6, 6.07) is 4.10. The molecule has 0 saturated carbocycles. The molecule has 2 rings (SSSR count). The van der Waals surface area contributed by atoms with Crippen molar-refractivity contribution >= 4 is 11.7 Å². The number of rotatable bonds is 3. The van der Waals surface area contributed by atoms with E-state index in [2.05, 4.69) is 17.2 Å². The molecule has 0 radical (unpaired) electrons. The van der Waals surface area contributed by atoms with Crippen LogP contribution in [0.2, 0.25) is 0 Å². The van der Waals surface area contributed by atoms with E-state index >= 15 is 0 Å². The van der Waals surface area contributed by atoms with E-state index in [1.165, 1.54) is 12.8 Å². The molecule has 0 bridgehead atoms. The van der Waals surface area contributed by atoms with Gasteiger partial charge in [0.2, 0.25) is 0 Å². The first kappa shape index (κ1) is 13.8. The van der Waals surface area contributed by atoms with Crippen LogP contribution in [0.4, 0.5) is 5.82 Å². The minimum absolute atomic E-state index is 0.129. The van der Waals surface area contributed by atoms with Crippen LogP contribution in [0.3, 0.4) is 0 Å². The summed E-state index contributed by atoms with van der Waals surface area (Å²) in [5.74, 6) is 0.920. The first-order valence-electron chi connectivity index (χ1n) is 7.21. The Hall–Kier alpha value is -1.58. The zero-order chi connectivity index (χ0) is 13.7. The van der Waals surface area contributed by atoms with Crippen molar-refractivity contribution in [2.45, 2.75) is 45.1 Å². The van der Waals surface area contributed by atoms with Crippen LogP contribution in [0.1, 0.15) is 49.4 Å². The Morgan fingerprint density at radius 2 is 2.26 bits per heavy atom. The van der Waals surface area contributed by atoms with Gasteiger partial charge in [-0.1, -0.05) is 19.8 Å². The van der Waals surface area contributed by atoms with E-state index in [-0.39, 0.29) is 5.91 Å². The van der Waals surface area contributed by atoms with Crippen LogP contribution in [-0.4, -0.2) is 35.4 Å². The minimum atomic E-state index is 0.129. The highest BCUT2D eigenvalue weighted by Crippen LogP contribution is 2.21. The SMILES string of the molecule is CCC1CCCCCN1C(=O)c1ccc(NC)nc1. The van der Waals surface area contributed by atoms with E-state index in [0.29, 0.717) is 11.6 Å². The lowest BCUT2D eigenvalue weighted by Crippen LogP contribution is -2.39. The van der Waals surface area contributed by atoms with E-state index in [1.807, 2.05) is 24.1 Å². The average molecular weight is 261 g/mol. The maximum Gasteiger partial charge on any atom is 0.255 e. The van der Waals surface area contributed by atoms with Crippen LogP contribution in [-0.2, 0) is 0 Å². The van der Waals surface area contributed by atoms with Crippen molar-refractivity contribution in [3.63, 3.8) is 0 Å². The predicted octanol–water partition coefficient (Wildman–Crippen LogP) is 2.92. The van der Waals surface area contributed by atoms with Crippen LogP contribution in [0, 0.1) is 0 Å². The van der Waals surface area contributed by atoms with Crippen molar-refractivity contribution in [2.24, 2.45) is 0 Å². The molecule has 1 atom stereocenters. The quantitative estimate of drug-likeness (QED) is 0.910. The summed E-state index contributed by atoms with van der Waals surface area (Å²) in [6.45, 7) is 3.05. The highest BCUT2D eigenvalue weighted by molar-refractivity contribution is 5.94. The Bertz CT molecular complexity index is 416. The van der Waals surface area contributed by atoms with E-state index in [4.69, 9.17) is 0 Å². The molecule has 1 aromatic heterocycles. The summed E-state index contributed by atoms with van der Waals surface area (Å²) in [7, 11) is 1.83. The van der Waals surface area contributed by atoms with Gasteiger partial charge in [-0.25, -0.2) is 4.98 Å². The first-order valence-corrected chi connectivity index (χ1v) is 7.21. The molecule has 1 unspecified atom stereocenters. The lowest BCUT2D eigenvalue weighted by Gasteiger charge is -2.29. The van der Waals surface area contributed by atoms with Gasteiger partial charge in [-0.2, -0.15) is 0 Å². The Labute approximate surface area is 115 Å². The van der Waals surface area contributed by atoms with E-state index in [1.54, 1.807) is 6.20 Å². The van der Waals surface area contributed by atoms with Crippen LogP contribution in [0.5, 0.6) is 0 Å². The number of nitrogens with one attached hydrogen (secondary N) is 1. The summed E-state index contributed by atoms with van der Waals surface area (Å²) in [5.41, 5.74) is 0.694. The van der Waals surface area contributed by atoms with Gasteiger partial charge in [-0.15, -0.1) is 0 Å². The van der Waals surface area contributed by atoms with Crippen molar-refractivity contribution in [2.75, 3.05) is 18.9 Å². The lowest BCUT2D eigenvalue weighted by molar-refractivity contribution is 0.0678. The fraction of sp³-hybridized carbons (Fsp3) is 0.600. The summed E-state index contributed by atoms with van der Waals surface area (Å²) >= 11 is 0. The maximum atomic E-state index is 12.6. The molecule has 1 aromatic rings. The van der Waals surface area contributed by atoms with E-state index in [9.17, 15) is 4.79 Å². The molecule has 4 heteroatoms. The second-order valence-corrected chi connectivity index (χ2v) is 5.09. The van der Waals surface area contributed by atoms with Crippen LogP contribution >= 0.6 is 0 Å². The van der Waals surface area contributed by atoms with Gasteiger partial charge in [0.1, 0.15) is 5.82 Å².